The van der Waals surface area contributed by atoms with Crippen molar-refractivity contribution in [1.82, 2.24) is 14.1 Å². The van der Waals surface area contributed by atoms with Gasteiger partial charge in [-0.25, -0.2) is 19.0 Å². The van der Waals surface area contributed by atoms with Gasteiger partial charge in [-0.3, -0.25) is 4.57 Å². The third-order valence-electron chi connectivity index (χ3n) is 4.43. The number of carbonyl (C=O) groups excluding carboxylic acids is 1. The number of benzene rings is 2. The largest absolute Gasteiger partial charge is 0.465 e. The molecule has 0 saturated carbocycles. The monoisotopic (exact) mass is 428 g/mol. The third-order valence-corrected chi connectivity index (χ3v) is 4.68. The van der Waals surface area contributed by atoms with Crippen LogP contribution in [-0.2, 0) is 11.3 Å². The van der Waals surface area contributed by atoms with Gasteiger partial charge >= 0.3 is 17.3 Å². The Morgan fingerprint density at radius 3 is 2.30 bits per heavy atom. The lowest BCUT2D eigenvalue weighted by atomic mass is 10.2. The number of halogens is 1. The summed E-state index contributed by atoms with van der Waals surface area (Å²) in [6.07, 6.45) is 0. The lowest BCUT2D eigenvalue weighted by Crippen LogP contribution is -2.43. The Labute approximate surface area is 177 Å². The molecule has 1 N–H and O–H groups in total. The van der Waals surface area contributed by atoms with Crippen LogP contribution in [0.1, 0.15) is 35.8 Å². The predicted octanol–water partition coefficient (Wildman–Crippen LogP) is 3.22. The Bertz CT molecular complexity index is 1170. The molecule has 0 amide bonds. The van der Waals surface area contributed by atoms with Gasteiger partial charge in [0.2, 0.25) is 5.95 Å². The normalized spacial score (nSPS) is 10.8. The van der Waals surface area contributed by atoms with Crippen molar-refractivity contribution in [3.63, 3.8) is 0 Å². The second-order valence-corrected chi connectivity index (χ2v) is 7.31. The first-order chi connectivity index (χ1) is 14.3. The molecule has 3 rings (SSSR count). The number of aromatic nitrogens is 3. The van der Waals surface area contributed by atoms with E-state index in [0.717, 1.165) is 10.1 Å². The highest BCUT2D eigenvalue weighted by atomic mass is 35.5. The van der Waals surface area contributed by atoms with E-state index in [1.54, 1.807) is 62.4 Å². The van der Waals surface area contributed by atoms with E-state index in [1.165, 1.54) is 11.7 Å². The van der Waals surface area contributed by atoms with Crippen LogP contribution >= 0.6 is 11.6 Å². The van der Waals surface area contributed by atoms with Crippen molar-refractivity contribution < 1.29 is 9.53 Å². The molecule has 0 unspecified atom stereocenters. The molecule has 2 aromatic carbocycles. The maximum absolute atomic E-state index is 13.1. The summed E-state index contributed by atoms with van der Waals surface area (Å²) in [5, 5.41) is 3.58. The summed E-state index contributed by atoms with van der Waals surface area (Å²) in [4.78, 5) is 41.2. The first-order valence-corrected chi connectivity index (χ1v) is 9.61. The van der Waals surface area contributed by atoms with E-state index in [-0.39, 0.29) is 18.5 Å². The third kappa shape index (κ3) is 4.60. The Balaban J connectivity index is 2.04. The highest BCUT2D eigenvalue weighted by molar-refractivity contribution is 6.30. The summed E-state index contributed by atoms with van der Waals surface area (Å²) in [5.41, 5.74) is 0.636. The average Bonchev–Trinajstić information content (AvgIpc) is 2.72. The van der Waals surface area contributed by atoms with Gasteiger partial charge in [0.15, 0.2) is 0 Å². The molecule has 3 aromatic rings. The molecule has 0 aliphatic rings. The fourth-order valence-corrected chi connectivity index (χ4v) is 3.02. The van der Waals surface area contributed by atoms with Crippen LogP contribution in [-0.4, -0.2) is 27.2 Å². The van der Waals surface area contributed by atoms with Crippen LogP contribution in [0.5, 0.6) is 0 Å². The van der Waals surface area contributed by atoms with Gasteiger partial charge in [-0.05, 0) is 55.8 Å². The Morgan fingerprint density at radius 1 is 1.10 bits per heavy atom. The Kier molecular flexibility index (Phi) is 6.37. The molecular formula is C21H21ClN4O4. The summed E-state index contributed by atoms with van der Waals surface area (Å²) >= 11 is 5.95. The van der Waals surface area contributed by atoms with Crippen molar-refractivity contribution in [1.29, 1.82) is 0 Å². The number of ether oxygens (including phenoxy) is 1. The van der Waals surface area contributed by atoms with Crippen molar-refractivity contribution in [3.8, 4) is 0 Å². The fourth-order valence-electron chi connectivity index (χ4n) is 2.90. The number of hydrogen-bond donors (Lipinski definition) is 1. The number of nitrogens with zero attached hydrogens (tertiary/aromatic N) is 3. The van der Waals surface area contributed by atoms with Crippen molar-refractivity contribution >= 4 is 29.2 Å². The van der Waals surface area contributed by atoms with Crippen LogP contribution in [0.25, 0.3) is 0 Å². The number of esters is 1. The molecule has 0 radical (unpaired) electrons. The van der Waals surface area contributed by atoms with E-state index < -0.39 is 17.3 Å². The highest BCUT2D eigenvalue weighted by Gasteiger charge is 2.16. The van der Waals surface area contributed by atoms with Gasteiger partial charge in [-0.2, -0.15) is 4.98 Å². The van der Waals surface area contributed by atoms with Crippen LogP contribution in [0, 0.1) is 0 Å². The second-order valence-electron chi connectivity index (χ2n) is 6.87. The summed E-state index contributed by atoms with van der Waals surface area (Å²) in [6, 6.07) is 13.1. The van der Waals surface area contributed by atoms with Crippen LogP contribution in [0.3, 0.4) is 0 Å². The molecule has 0 fully saturated rings. The van der Waals surface area contributed by atoms with Gasteiger partial charge in [0, 0.05) is 16.8 Å². The van der Waals surface area contributed by atoms with Crippen molar-refractivity contribution in [2.24, 2.45) is 0 Å². The average molecular weight is 429 g/mol. The van der Waals surface area contributed by atoms with Crippen molar-refractivity contribution in [3.05, 3.63) is 85.6 Å². The molecule has 0 bridgehead atoms. The standard InChI is InChI=1S/C21H21ClN4O4/c1-13(2)26-20(28)24-19(23-17-10-6-15(7-11-17)18(27)30-3)25(21(26)29)12-14-4-8-16(22)9-5-14/h4-11,13H,12H2,1-3H3,(H,23,24,28). The van der Waals surface area contributed by atoms with E-state index in [4.69, 9.17) is 11.6 Å². The molecule has 156 valence electrons. The van der Waals surface area contributed by atoms with Crippen molar-refractivity contribution in [2.75, 3.05) is 12.4 Å². The molecule has 8 nitrogen and oxygen atoms in total. The number of hydrogen-bond acceptors (Lipinski definition) is 6. The number of nitrogens with one attached hydrogen (secondary N) is 1. The molecular weight excluding hydrogens is 408 g/mol. The summed E-state index contributed by atoms with van der Waals surface area (Å²) in [7, 11) is 1.30. The molecule has 1 heterocycles. The zero-order chi connectivity index (χ0) is 21.8. The summed E-state index contributed by atoms with van der Waals surface area (Å²) in [6.45, 7) is 3.68. The van der Waals surface area contributed by atoms with E-state index >= 15 is 0 Å². The van der Waals surface area contributed by atoms with Gasteiger partial charge in [-0.15, -0.1) is 0 Å². The number of carbonyl (C=O) groups is 1. The minimum Gasteiger partial charge on any atom is -0.465 e. The smallest absolute Gasteiger partial charge is 0.355 e. The molecule has 1 aromatic heterocycles. The molecule has 0 atom stereocenters. The number of anilines is 2. The van der Waals surface area contributed by atoms with E-state index in [9.17, 15) is 14.4 Å². The number of rotatable bonds is 6. The first kappa shape index (κ1) is 21.3. The second kappa shape index (κ2) is 8.96. The van der Waals surface area contributed by atoms with E-state index in [0.29, 0.717) is 16.3 Å². The number of methoxy groups -OCH3 is 1. The van der Waals surface area contributed by atoms with Gasteiger partial charge in [0.1, 0.15) is 0 Å². The van der Waals surface area contributed by atoms with Gasteiger partial charge in [0.05, 0.1) is 19.2 Å². The SMILES string of the molecule is COC(=O)c1ccc(Nc2nc(=O)n(C(C)C)c(=O)n2Cc2ccc(Cl)cc2)cc1. The van der Waals surface area contributed by atoms with Gasteiger partial charge < -0.3 is 10.1 Å². The minimum atomic E-state index is -0.643. The van der Waals surface area contributed by atoms with Gasteiger partial charge in [0.25, 0.3) is 0 Å². The topological polar surface area (TPSA) is 95.2 Å². The molecule has 0 saturated heterocycles. The maximum Gasteiger partial charge on any atom is 0.355 e. The molecule has 0 aliphatic carbocycles. The quantitative estimate of drug-likeness (QED) is 0.606. The van der Waals surface area contributed by atoms with E-state index in [1.807, 2.05) is 0 Å². The molecule has 0 aliphatic heterocycles. The maximum atomic E-state index is 13.1. The zero-order valence-corrected chi connectivity index (χ0v) is 17.5. The fraction of sp³-hybridized carbons (Fsp3) is 0.238. The van der Waals surface area contributed by atoms with E-state index in [2.05, 4.69) is 15.0 Å². The summed E-state index contributed by atoms with van der Waals surface area (Å²) < 4.78 is 7.17. The Morgan fingerprint density at radius 2 is 1.73 bits per heavy atom. The minimum absolute atomic E-state index is 0.0997. The van der Waals surface area contributed by atoms with Crippen LogP contribution in [0.4, 0.5) is 11.6 Å². The lowest BCUT2D eigenvalue weighted by Gasteiger charge is -2.17. The molecule has 30 heavy (non-hydrogen) atoms. The predicted molar refractivity (Wildman–Crippen MR) is 115 cm³/mol. The molecule has 0 spiro atoms. The van der Waals surface area contributed by atoms with Crippen LogP contribution in [0.15, 0.2) is 58.1 Å². The molecule has 9 heteroatoms. The zero-order valence-electron chi connectivity index (χ0n) is 16.8. The Hall–Kier alpha value is -3.39. The first-order valence-electron chi connectivity index (χ1n) is 9.23. The lowest BCUT2D eigenvalue weighted by molar-refractivity contribution is 0.0601. The van der Waals surface area contributed by atoms with Gasteiger partial charge in [-0.1, -0.05) is 23.7 Å². The van der Waals surface area contributed by atoms with Crippen LogP contribution in [0.2, 0.25) is 5.02 Å². The summed E-state index contributed by atoms with van der Waals surface area (Å²) in [5.74, 6) is -0.360. The van der Waals surface area contributed by atoms with Crippen LogP contribution < -0.4 is 16.7 Å². The highest BCUT2D eigenvalue weighted by Crippen LogP contribution is 2.16. The van der Waals surface area contributed by atoms with Crippen molar-refractivity contribution in [2.45, 2.75) is 26.4 Å².